The summed E-state index contributed by atoms with van der Waals surface area (Å²) in [7, 11) is 0. The standard InChI is InChI=1S/C15H14BrN3OS/c1-9-4-3-5-11(8-9)14(20)19-15(21)18-13-7-6-12(16)10(2)17-13/h3-8H,1-2H3,(H2,17,18,19,20,21). The molecule has 2 aromatic rings. The predicted molar refractivity (Wildman–Crippen MR) is 91.5 cm³/mol. The lowest BCUT2D eigenvalue weighted by Gasteiger charge is -2.10. The molecule has 1 aromatic carbocycles. The van der Waals surface area contributed by atoms with E-state index in [1.54, 1.807) is 18.2 Å². The van der Waals surface area contributed by atoms with E-state index in [1.807, 2.05) is 32.0 Å². The number of aryl methyl sites for hydroxylation is 2. The lowest BCUT2D eigenvalue weighted by Crippen LogP contribution is -2.34. The molecule has 1 heterocycles. The summed E-state index contributed by atoms with van der Waals surface area (Å²) in [5, 5.41) is 5.75. The van der Waals surface area contributed by atoms with Crippen molar-refractivity contribution in [3.8, 4) is 0 Å². The maximum absolute atomic E-state index is 12.1. The zero-order valence-corrected chi connectivity index (χ0v) is 14.0. The van der Waals surface area contributed by atoms with Crippen LogP contribution in [-0.4, -0.2) is 16.0 Å². The third-order valence-corrected chi connectivity index (χ3v) is 3.81. The second-order valence-electron chi connectivity index (χ2n) is 4.54. The maximum atomic E-state index is 12.1. The third-order valence-electron chi connectivity index (χ3n) is 2.77. The minimum Gasteiger partial charge on any atom is -0.317 e. The van der Waals surface area contributed by atoms with Crippen molar-refractivity contribution in [1.82, 2.24) is 10.3 Å². The predicted octanol–water partition coefficient (Wildman–Crippen LogP) is 3.59. The summed E-state index contributed by atoms with van der Waals surface area (Å²) in [5.41, 5.74) is 2.43. The van der Waals surface area contributed by atoms with Gasteiger partial charge < -0.3 is 5.32 Å². The SMILES string of the molecule is Cc1cccc(C(=O)NC(=S)Nc2ccc(Br)c(C)n2)c1. The van der Waals surface area contributed by atoms with Gasteiger partial charge in [0.2, 0.25) is 0 Å². The Balaban J connectivity index is 2.01. The van der Waals surface area contributed by atoms with E-state index >= 15 is 0 Å². The number of nitrogens with one attached hydrogen (secondary N) is 2. The number of thiocarbonyl (C=S) groups is 1. The van der Waals surface area contributed by atoms with E-state index in [0.29, 0.717) is 11.4 Å². The summed E-state index contributed by atoms with van der Waals surface area (Å²) in [5.74, 6) is 0.343. The molecule has 0 aliphatic rings. The molecule has 2 rings (SSSR count). The van der Waals surface area contributed by atoms with E-state index in [1.165, 1.54) is 0 Å². The van der Waals surface area contributed by atoms with Crippen molar-refractivity contribution in [2.45, 2.75) is 13.8 Å². The monoisotopic (exact) mass is 363 g/mol. The number of anilines is 1. The number of rotatable bonds is 2. The normalized spacial score (nSPS) is 10.0. The van der Waals surface area contributed by atoms with E-state index in [0.717, 1.165) is 15.7 Å². The summed E-state index contributed by atoms with van der Waals surface area (Å²) in [6, 6.07) is 11.0. The first-order chi connectivity index (χ1) is 9.95. The molecule has 1 aromatic heterocycles. The van der Waals surface area contributed by atoms with Crippen LogP contribution in [0.15, 0.2) is 40.9 Å². The van der Waals surface area contributed by atoms with Crippen molar-refractivity contribution >= 4 is 45.0 Å². The molecule has 0 fully saturated rings. The first-order valence-electron chi connectivity index (χ1n) is 6.28. The van der Waals surface area contributed by atoms with Crippen molar-refractivity contribution in [2.75, 3.05) is 5.32 Å². The molecule has 0 atom stereocenters. The molecular formula is C15H14BrN3OS. The number of halogens is 1. The first-order valence-corrected chi connectivity index (χ1v) is 7.48. The molecular weight excluding hydrogens is 350 g/mol. The molecule has 0 spiro atoms. The zero-order chi connectivity index (χ0) is 15.4. The summed E-state index contributed by atoms with van der Waals surface area (Å²) in [6.45, 7) is 3.81. The Morgan fingerprint density at radius 2 is 2.00 bits per heavy atom. The molecule has 0 unspecified atom stereocenters. The summed E-state index contributed by atoms with van der Waals surface area (Å²) >= 11 is 8.51. The number of amides is 1. The Morgan fingerprint density at radius 3 is 2.67 bits per heavy atom. The van der Waals surface area contributed by atoms with Gasteiger partial charge in [-0.05, 0) is 66.3 Å². The van der Waals surface area contributed by atoms with Gasteiger partial charge in [-0.2, -0.15) is 0 Å². The number of pyridine rings is 1. The number of carbonyl (C=O) groups excluding carboxylic acids is 1. The molecule has 0 aliphatic heterocycles. The van der Waals surface area contributed by atoms with Crippen LogP contribution in [-0.2, 0) is 0 Å². The van der Waals surface area contributed by atoms with E-state index < -0.39 is 0 Å². The number of benzene rings is 1. The first kappa shape index (κ1) is 15.6. The average Bonchev–Trinajstić information content (AvgIpc) is 2.43. The van der Waals surface area contributed by atoms with Gasteiger partial charge in [0.25, 0.3) is 5.91 Å². The zero-order valence-electron chi connectivity index (χ0n) is 11.6. The van der Waals surface area contributed by atoms with Gasteiger partial charge in [0.05, 0.1) is 5.69 Å². The van der Waals surface area contributed by atoms with E-state index in [9.17, 15) is 4.79 Å². The maximum Gasteiger partial charge on any atom is 0.257 e. The third kappa shape index (κ3) is 4.34. The van der Waals surface area contributed by atoms with Gasteiger partial charge in [-0.15, -0.1) is 0 Å². The number of nitrogens with zero attached hydrogens (tertiary/aromatic N) is 1. The molecule has 6 heteroatoms. The Bertz CT molecular complexity index is 703. The summed E-state index contributed by atoms with van der Waals surface area (Å²) in [6.07, 6.45) is 0. The lowest BCUT2D eigenvalue weighted by atomic mass is 10.1. The highest BCUT2D eigenvalue weighted by atomic mass is 79.9. The highest BCUT2D eigenvalue weighted by Gasteiger charge is 2.08. The molecule has 0 bridgehead atoms. The second kappa shape index (κ2) is 6.78. The van der Waals surface area contributed by atoms with Gasteiger partial charge in [0.1, 0.15) is 5.82 Å². The Morgan fingerprint density at radius 1 is 1.24 bits per heavy atom. The molecule has 4 nitrogen and oxygen atoms in total. The van der Waals surface area contributed by atoms with Gasteiger partial charge >= 0.3 is 0 Å². The molecule has 0 radical (unpaired) electrons. The average molecular weight is 364 g/mol. The minimum absolute atomic E-state index is 0.218. The highest BCUT2D eigenvalue weighted by Crippen LogP contribution is 2.16. The van der Waals surface area contributed by atoms with Crippen molar-refractivity contribution < 1.29 is 4.79 Å². The Labute approximate surface area is 137 Å². The van der Waals surface area contributed by atoms with Crippen LogP contribution < -0.4 is 10.6 Å². The van der Waals surface area contributed by atoms with Crippen molar-refractivity contribution in [3.05, 3.63) is 57.7 Å². The van der Waals surface area contributed by atoms with Crippen LogP contribution >= 0.6 is 28.1 Å². The van der Waals surface area contributed by atoms with Crippen LogP contribution in [0.3, 0.4) is 0 Å². The smallest absolute Gasteiger partial charge is 0.257 e. The van der Waals surface area contributed by atoms with Crippen LogP contribution in [0.25, 0.3) is 0 Å². The quantitative estimate of drug-likeness (QED) is 0.800. The second-order valence-corrected chi connectivity index (χ2v) is 5.80. The number of hydrogen-bond acceptors (Lipinski definition) is 3. The van der Waals surface area contributed by atoms with Gasteiger partial charge in [0, 0.05) is 10.0 Å². The van der Waals surface area contributed by atoms with Crippen LogP contribution in [0.2, 0.25) is 0 Å². The molecule has 0 saturated heterocycles. The fourth-order valence-electron chi connectivity index (χ4n) is 1.72. The van der Waals surface area contributed by atoms with Gasteiger partial charge in [-0.3, -0.25) is 10.1 Å². The van der Waals surface area contributed by atoms with Crippen LogP contribution in [0.5, 0.6) is 0 Å². The van der Waals surface area contributed by atoms with Gasteiger partial charge in [-0.1, -0.05) is 17.7 Å². The largest absolute Gasteiger partial charge is 0.317 e. The summed E-state index contributed by atoms with van der Waals surface area (Å²) in [4.78, 5) is 16.4. The van der Waals surface area contributed by atoms with Crippen molar-refractivity contribution in [3.63, 3.8) is 0 Å². The number of carbonyl (C=O) groups is 1. The van der Waals surface area contributed by atoms with Gasteiger partial charge in [0.15, 0.2) is 5.11 Å². The number of hydrogen-bond donors (Lipinski definition) is 2. The molecule has 21 heavy (non-hydrogen) atoms. The Hall–Kier alpha value is -1.79. The molecule has 1 amide bonds. The highest BCUT2D eigenvalue weighted by molar-refractivity contribution is 9.10. The number of aromatic nitrogens is 1. The van der Waals surface area contributed by atoms with Crippen LogP contribution in [0.1, 0.15) is 21.6 Å². The molecule has 0 saturated carbocycles. The van der Waals surface area contributed by atoms with E-state index in [2.05, 4.69) is 31.5 Å². The minimum atomic E-state index is -0.245. The van der Waals surface area contributed by atoms with Crippen molar-refractivity contribution in [2.24, 2.45) is 0 Å². The molecule has 108 valence electrons. The van der Waals surface area contributed by atoms with Gasteiger partial charge in [-0.25, -0.2) is 4.98 Å². The fourth-order valence-corrected chi connectivity index (χ4v) is 2.14. The van der Waals surface area contributed by atoms with E-state index in [4.69, 9.17) is 12.2 Å². The fraction of sp³-hybridized carbons (Fsp3) is 0.133. The van der Waals surface area contributed by atoms with E-state index in [-0.39, 0.29) is 11.0 Å². The molecule has 2 N–H and O–H groups in total. The lowest BCUT2D eigenvalue weighted by molar-refractivity contribution is 0.0977. The molecule has 0 aliphatic carbocycles. The Kier molecular flexibility index (Phi) is 5.03. The topological polar surface area (TPSA) is 54.0 Å². The van der Waals surface area contributed by atoms with Crippen LogP contribution in [0, 0.1) is 13.8 Å². The summed E-state index contributed by atoms with van der Waals surface area (Å²) < 4.78 is 0.919. The van der Waals surface area contributed by atoms with Crippen LogP contribution in [0.4, 0.5) is 5.82 Å². The van der Waals surface area contributed by atoms with Crippen molar-refractivity contribution in [1.29, 1.82) is 0 Å².